The van der Waals surface area contributed by atoms with Gasteiger partial charge in [-0.25, -0.2) is 0 Å². The fourth-order valence-electron chi connectivity index (χ4n) is 3.23. The van der Waals surface area contributed by atoms with Crippen molar-refractivity contribution in [3.8, 4) is 5.75 Å². The minimum atomic E-state index is -0.159. The molecule has 6 nitrogen and oxygen atoms in total. The normalized spacial score (nSPS) is 17.3. The van der Waals surface area contributed by atoms with E-state index >= 15 is 0 Å². The van der Waals surface area contributed by atoms with Gasteiger partial charge in [-0.15, -0.1) is 0 Å². The molecule has 1 aromatic carbocycles. The summed E-state index contributed by atoms with van der Waals surface area (Å²) in [6, 6.07) is 10.1. The molecule has 0 spiro atoms. The third-order valence-corrected chi connectivity index (χ3v) is 4.67. The van der Waals surface area contributed by atoms with Gasteiger partial charge in [0.25, 0.3) is 5.91 Å². The van der Waals surface area contributed by atoms with E-state index in [1.807, 2.05) is 29.1 Å². The van der Waals surface area contributed by atoms with Gasteiger partial charge < -0.3 is 15.4 Å². The Kier molecular flexibility index (Phi) is 6.28. The zero-order valence-electron chi connectivity index (χ0n) is 15.6. The molecule has 1 unspecified atom stereocenters. The Balaban J connectivity index is 1.47. The topological polar surface area (TPSA) is 68.2 Å². The average Bonchev–Trinajstić information content (AvgIpc) is 3.16. The molecule has 0 aliphatic carbocycles. The lowest BCUT2D eigenvalue weighted by molar-refractivity contribution is 0.0940. The van der Waals surface area contributed by atoms with Crippen LogP contribution < -0.4 is 15.4 Å². The molecule has 0 bridgehead atoms. The van der Waals surface area contributed by atoms with Gasteiger partial charge >= 0.3 is 0 Å². The summed E-state index contributed by atoms with van der Waals surface area (Å²) in [5.74, 6) is 1.12. The first-order valence-electron chi connectivity index (χ1n) is 9.41. The molecule has 2 N–H and O–H groups in total. The Morgan fingerprint density at radius 1 is 1.38 bits per heavy atom. The van der Waals surface area contributed by atoms with E-state index < -0.39 is 0 Å². The second-order valence-corrected chi connectivity index (χ2v) is 6.98. The Hall–Kier alpha value is -2.34. The first kappa shape index (κ1) is 18.5. The zero-order valence-corrected chi connectivity index (χ0v) is 15.6. The van der Waals surface area contributed by atoms with Crippen LogP contribution in [0, 0.1) is 0 Å². The number of para-hydroxylation sites is 1. The molecule has 6 heteroatoms. The first-order valence-corrected chi connectivity index (χ1v) is 9.41. The predicted molar refractivity (Wildman–Crippen MR) is 102 cm³/mol. The highest BCUT2D eigenvalue weighted by Gasteiger charge is 2.17. The van der Waals surface area contributed by atoms with Crippen molar-refractivity contribution in [1.82, 2.24) is 20.4 Å². The number of benzene rings is 1. The third kappa shape index (κ3) is 4.64. The van der Waals surface area contributed by atoms with Crippen molar-refractivity contribution in [1.29, 1.82) is 0 Å². The van der Waals surface area contributed by atoms with Crippen LogP contribution in [-0.2, 0) is 0 Å². The Morgan fingerprint density at radius 2 is 2.23 bits per heavy atom. The molecule has 3 rings (SSSR count). The largest absolute Gasteiger partial charge is 0.491 e. The van der Waals surface area contributed by atoms with Gasteiger partial charge in [0, 0.05) is 12.7 Å². The number of amides is 1. The van der Waals surface area contributed by atoms with Gasteiger partial charge in [-0.3, -0.25) is 9.48 Å². The molecule has 26 heavy (non-hydrogen) atoms. The fraction of sp³-hybridized carbons (Fsp3) is 0.500. The molecule has 1 aliphatic heterocycles. The van der Waals surface area contributed by atoms with E-state index in [0.717, 1.165) is 31.7 Å². The fourth-order valence-corrected chi connectivity index (χ4v) is 3.23. The van der Waals surface area contributed by atoms with E-state index in [9.17, 15) is 4.79 Å². The van der Waals surface area contributed by atoms with Crippen LogP contribution in [0.5, 0.6) is 5.75 Å². The summed E-state index contributed by atoms with van der Waals surface area (Å²) < 4.78 is 7.74. The number of ether oxygens (including phenoxy) is 1. The van der Waals surface area contributed by atoms with E-state index in [-0.39, 0.29) is 5.91 Å². The molecule has 1 saturated heterocycles. The maximum atomic E-state index is 12.3. The van der Waals surface area contributed by atoms with Crippen LogP contribution >= 0.6 is 0 Å². The lowest BCUT2D eigenvalue weighted by Crippen LogP contribution is -2.32. The molecular formula is C20H28N4O2. The second-order valence-electron chi connectivity index (χ2n) is 6.98. The number of carbonyl (C=O) groups excluding carboxylic acids is 1. The summed E-state index contributed by atoms with van der Waals surface area (Å²) in [6.45, 7) is 7.13. The van der Waals surface area contributed by atoms with E-state index in [4.69, 9.17) is 4.74 Å². The van der Waals surface area contributed by atoms with Crippen LogP contribution in [0.1, 0.15) is 54.7 Å². The van der Waals surface area contributed by atoms with Gasteiger partial charge in [0.15, 0.2) is 0 Å². The summed E-state index contributed by atoms with van der Waals surface area (Å²) in [5.41, 5.74) is 1.64. The molecule has 1 aliphatic rings. The minimum absolute atomic E-state index is 0.159. The number of hydrogen-bond acceptors (Lipinski definition) is 4. The lowest BCUT2D eigenvalue weighted by Gasteiger charge is -2.22. The van der Waals surface area contributed by atoms with Crippen molar-refractivity contribution in [3.05, 3.63) is 47.8 Å². The van der Waals surface area contributed by atoms with Gasteiger partial charge in [-0.1, -0.05) is 32.0 Å². The average molecular weight is 356 g/mol. The second kappa shape index (κ2) is 8.85. The van der Waals surface area contributed by atoms with Gasteiger partial charge in [0.2, 0.25) is 0 Å². The molecule has 1 atom stereocenters. The molecule has 0 saturated carbocycles. The van der Waals surface area contributed by atoms with Crippen LogP contribution in [0.25, 0.3) is 0 Å². The molecule has 2 aromatic rings. The highest BCUT2D eigenvalue weighted by atomic mass is 16.5. The number of nitrogens with zero attached hydrogens (tertiary/aromatic N) is 2. The molecule has 1 aromatic heterocycles. The Bertz CT molecular complexity index is 720. The number of aromatic nitrogens is 2. The highest BCUT2D eigenvalue weighted by Crippen LogP contribution is 2.25. The van der Waals surface area contributed by atoms with E-state index in [1.165, 1.54) is 5.56 Å². The molecule has 2 heterocycles. The minimum Gasteiger partial charge on any atom is -0.491 e. The molecular weight excluding hydrogens is 328 g/mol. The third-order valence-electron chi connectivity index (χ3n) is 4.67. The summed E-state index contributed by atoms with van der Waals surface area (Å²) in [7, 11) is 0. The van der Waals surface area contributed by atoms with E-state index in [1.54, 1.807) is 6.07 Å². The summed E-state index contributed by atoms with van der Waals surface area (Å²) in [6.07, 6.45) is 4.13. The SMILES string of the molecule is CC(C)c1ccccc1OCCNC(=O)c1ccn(C2CCCNC2)n1. The van der Waals surface area contributed by atoms with Crippen molar-refractivity contribution in [2.75, 3.05) is 26.2 Å². The van der Waals surface area contributed by atoms with Gasteiger partial charge in [-0.2, -0.15) is 5.10 Å². The van der Waals surface area contributed by atoms with Crippen molar-refractivity contribution < 1.29 is 9.53 Å². The maximum Gasteiger partial charge on any atom is 0.271 e. The zero-order chi connectivity index (χ0) is 18.4. The van der Waals surface area contributed by atoms with Gasteiger partial charge in [-0.05, 0) is 43.0 Å². The Labute approximate surface area is 154 Å². The van der Waals surface area contributed by atoms with Crippen LogP contribution in [0.3, 0.4) is 0 Å². The molecule has 1 amide bonds. The number of nitrogens with one attached hydrogen (secondary N) is 2. The number of hydrogen-bond donors (Lipinski definition) is 2. The summed E-state index contributed by atoms with van der Waals surface area (Å²) >= 11 is 0. The van der Waals surface area contributed by atoms with Crippen LogP contribution in [-0.4, -0.2) is 41.9 Å². The summed E-state index contributed by atoms with van der Waals surface area (Å²) in [5, 5.41) is 10.7. The monoisotopic (exact) mass is 356 g/mol. The molecule has 0 radical (unpaired) electrons. The van der Waals surface area contributed by atoms with Crippen molar-refractivity contribution in [3.63, 3.8) is 0 Å². The lowest BCUT2D eigenvalue weighted by atomic mass is 10.0. The van der Waals surface area contributed by atoms with Crippen molar-refractivity contribution in [2.24, 2.45) is 0 Å². The number of rotatable bonds is 7. The molecule has 1 fully saturated rings. The number of piperidine rings is 1. The smallest absolute Gasteiger partial charge is 0.271 e. The summed E-state index contributed by atoms with van der Waals surface area (Å²) in [4.78, 5) is 12.3. The first-order chi connectivity index (χ1) is 12.6. The predicted octanol–water partition coefficient (Wildman–Crippen LogP) is 2.74. The van der Waals surface area contributed by atoms with Crippen LogP contribution in [0.2, 0.25) is 0 Å². The van der Waals surface area contributed by atoms with E-state index in [2.05, 4.69) is 35.6 Å². The van der Waals surface area contributed by atoms with E-state index in [0.29, 0.717) is 30.8 Å². The van der Waals surface area contributed by atoms with Crippen molar-refractivity contribution in [2.45, 2.75) is 38.6 Å². The highest BCUT2D eigenvalue weighted by molar-refractivity contribution is 5.92. The van der Waals surface area contributed by atoms with Crippen molar-refractivity contribution >= 4 is 5.91 Å². The van der Waals surface area contributed by atoms with Gasteiger partial charge in [0.1, 0.15) is 18.1 Å². The Morgan fingerprint density at radius 3 is 3.00 bits per heavy atom. The van der Waals surface area contributed by atoms with Crippen LogP contribution in [0.15, 0.2) is 36.5 Å². The maximum absolute atomic E-state index is 12.3. The number of carbonyl (C=O) groups is 1. The quantitative estimate of drug-likeness (QED) is 0.749. The molecule has 140 valence electrons. The standard InChI is InChI=1S/C20H28N4O2/c1-15(2)17-7-3-4-8-19(17)26-13-11-22-20(25)18-9-12-24(23-18)16-6-5-10-21-14-16/h3-4,7-9,12,15-16,21H,5-6,10-11,13-14H2,1-2H3,(H,22,25). The van der Waals surface area contributed by atoms with Crippen LogP contribution in [0.4, 0.5) is 0 Å². The van der Waals surface area contributed by atoms with Gasteiger partial charge in [0.05, 0.1) is 12.6 Å².